The van der Waals surface area contributed by atoms with Crippen LogP contribution in [0.2, 0.25) is 0 Å². The van der Waals surface area contributed by atoms with Gasteiger partial charge in [0.1, 0.15) is 11.6 Å². The van der Waals surface area contributed by atoms with E-state index in [4.69, 9.17) is 5.26 Å². The fourth-order valence-electron chi connectivity index (χ4n) is 4.86. The van der Waals surface area contributed by atoms with Crippen molar-refractivity contribution < 1.29 is 13.6 Å². The van der Waals surface area contributed by atoms with Crippen LogP contribution in [-0.4, -0.2) is 40.1 Å². The summed E-state index contributed by atoms with van der Waals surface area (Å²) in [6, 6.07) is 9.39. The van der Waals surface area contributed by atoms with Crippen LogP contribution in [0.3, 0.4) is 0 Å². The summed E-state index contributed by atoms with van der Waals surface area (Å²) < 4.78 is 29.9. The number of likely N-dealkylation sites (tertiary alicyclic amines) is 1. The van der Waals surface area contributed by atoms with Gasteiger partial charge in [-0.2, -0.15) is 10.4 Å². The predicted molar refractivity (Wildman–Crippen MR) is 115 cm³/mol. The number of nitrogens with zero attached hydrogens (tertiary/aromatic N) is 5. The lowest BCUT2D eigenvalue weighted by atomic mass is 9.98. The summed E-state index contributed by atoms with van der Waals surface area (Å²) in [7, 11) is 0. The molecule has 0 N–H and O–H groups in total. The third-order valence-electron chi connectivity index (χ3n) is 6.60. The van der Waals surface area contributed by atoms with Gasteiger partial charge in [-0.05, 0) is 56.0 Å². The number of anilines is 1. The fraction of sp³-hybridized carbons (Fsp3) is 0.375. The summed E-state index contributed by atoms with van der Waals surface area (Å²) in [6.07, 6.45) is 6.32. The van der Waals surface area contributed by atoms with Crippen LogP contribution in [0.25, 0.3) is 5.52 Å². The summed E-state index contributed by atoms with van der Waals surface area (Å²) in [6.45, 7) is 1.83. The molecule has 1 aromatic carbocycles. The number of aromatic nitrogens is 2. The molecule has 0 saturated carbocycles. The third-order valence-corrected chi connectivity index (χ3v) is 6.60. The number of carbonyl (C=O) groups is 1. The topological polar surface area (TPSA) is 64.6 Å². The van der Waals surface area contributed by atoms with E-state index in [1.165, 1.54) is 12.1 Å². The Labute approximate surface area is 184 Å². The zero-order chi connectivity index (χ0) is 22.2. The smallest absolute Gasteiger partial charge is 0.257 e. The van der Waals surface area contributed by atoms with Gasteiger partial charge in [0, 0.05) is 43.0 Å². The molecular weight excluding hydrogens is 412 g/mol. The van der Waals surface area contributed by atoms with Crippen LogP contribution >= 0.6 is 0 Å². The van der Waals surface area contributed by atoms with E-state index in [-0.39, 0.29) is 17.9 Å². The summed E-state index contributed by atoms with van der Waals surface area (Å²) in [5.74, 6) is -0.953. The summed E-state index contributed by atoms with van der Waals surface area (Å²) in [5, 5.41) is 13.4. The third kappa shape index (κ3) is 3.58. The SMILES string of the molecule is N#CC1CCN(C(=O)c2cnn3ccc(N4CCC[C@@H]4c4cc(F)ccc4F)cc23)CC1. The molecule has 4 heterocycles. The van der Waals surface area contributed by atoms with Gasteiger partial charge in [0.05, 0.1) is 29.4 Å². The predicted octanol–water partition coefficient (Wildman–Crippen LogP) is 4.33. The molecule has 8 heteroatoms. The van der Waals surface area contributed by atoms with E-state index in [0.717, 1.165) is 31.1 Å². The highest BCUT2D eigenvalue weighted by atomic mass is 19.1. The molecule has 5 rings (SSSR count). The number of fused-ring (bicyclic) bond motifs is 1. The molecule has 0 aliphatic carbocycles. The van der Waals surface area contributed by atoms with Crippen molar-refractivity contribution >= 4 is 17.1 Å². The van der Waals surface area contributed by atoms with E-state index in [1.54, 1.807) is 21.8 Å². The van der Waals surface area contributed by atoms with Gasteiger partial charge in [-0.25, -0.2) is 13.3 Å². The van der Waals surface area contributed by atoms with Gasteiger partial charge in [0.2, 0.25) is 0 Å². The monoisotopic (exact) mass is 435 g/mol. The van der Waals surface area contributed by atoms with Crippen LogP contribution in [0, 0.1) is 28.9 Å². The van der Waals surface area contributed by atoms with Gasteiger partial charge in [-0.1, -0.05) is 0 Å². The van der Waals surface area contributed by atoms with Crippen molar-refractivity contribution in [3.05, 3.63) is 65.5 Å². The van der Waals surface area contributed by atoms with Gasteiger partial charge in [-0.15, -0.1) is 0 Å². The van der Waals surface area contributed by atoms with Crippen molar-refractivity contribution in [2.45, 2.75) is 31.7 Å². The molecule has 164 valence electrons. The van der Waals surface area contributed by atoms with E-state index in [2.05, 4.69) is 16.1 Å². The number of rotatable bonds is 3. The average molecular weight is 435 g/mol. The Bertz CT molecular complexity index is 1210. The molecule has 0 unspecified atom stereocenters. The summed E-state index contributed by atoms with van der Waals surface area (Å²) in [5.41, 5.74) is 2.39. The zero-order valence-corrected chi connectivity index (χ0v) is 17.5. The molecule has 1 amide bonds. The van der Waals surface area contributed by atoms with E-state index < -0.39 is 11.6 Å². The first-order valence-corrected chi connectivity index (χ1v) is 10.9. The Morgan fingerprint density at radius 3 is 2.69 bits per heavy atom. The van der Waals surface area contributed by atoms with Crippen LogP contribution in [0.4, 0.5) is 14.5 Å². The van der Waals surface area contributed by atoms with E-state index in [9.17, 15) is 13.6 Å². The number of carbonyl (C=O) groups excluding carboxylic acids is 1. The Morgan fingerprint density at radius 1 is 1.09 bits per heavy atom. The van der Waals surface area contributed by atoms with E-state index in [0.29, 0.717) is 42.6 Å². The van der Waals surface area contributed by atoms with Crippen LogP contribution < -0.4 is 4.90 Å². The van der Waals surface area contributed by atoms with Crippen molar-refractivity contribution in [2.75, 3.05) is 24.5 Å². The van der Waals surface area contributed by atoms with Crippen molar-refractivity contribution in [1.29, 1.82) is 5.26 Å². The second-order valence-electron chi connectivity index (χ2n) is 8.49. The molecule has 2 aromatic heterocycles. The number of pyridine rings is 1. The van der Waals surface area contributed by atoms with Crippen molar-refractivity contribution in [2.24, 2.45) is 5.92 Å². The van der Waals surface area contributed by atoms with Crippen LogP contribution in [0.5, 0.6) is 0 Å². The Balaban J connectivity index is 1.45. The minimum atomic E-state index is -0.451. The second-order valence-corrected chi connectivity index (χ2v) is 8.49. The van der Waals surface area contributed by atoms with Gasteiger partial charge in [-0.3, -0.25) is 4.79 Å². The standard InChI is InChI=1S/C24H23F2N5O/c25-17-3-4-21(26)19(12-17)22-2-1-8-30(22)18-7-11-31-23(13-18)20(15-28-31)24(32)29-9-5-16(14-27)6-10-29/h3-4,7,11-13,15-16,22H,1-2,5-6,8-10H2/t22-/m1/s1. The van der Waals surface area contributed by atoms with Gasteiger partial charge >= 0.3 is 0 Å². The molecule has 0 radical (unpaired) electrons. The number of benzene rings is 1. The second kappa shape index (κ2) is 8.23. The first kappa shape index (κ1) is 20.4. The average Bonchev–Trinajstić information content (AvgIpc) is 3.47. The van der Waals surface area contributed by atoms with Crippen LogP contribution in [0.1, 0.15) is 47.6 Å². The quantitative estimate of drug-likeness (QED) is 0.614. The first-order valence-electron chi connectivity index (χ1n) is 10.9. The Hall–Kier alpha value is -3.47. The number of hydrogen-bond acceptors (Lipinski definition) is 4. The molecule has 2 aliphatic rings. The van der Waals surface area contributed by atoms with Crippen LogP contribution in [-0.2, 0) is 0 Å². The molecule has 2 saturated heterocycles. The number of halogens is 2. The highest BCUT2D eigenvalue weighted by Gasteiger charge is 2.30. The fourth-order valence-corrected chi connectivity index (χ4v) is 4.86. The molecular formula is C24H23F2N5O. The largest absolute Gasteiger partial charge is 0.364 e. The minimum absolute atomic E-state index is 0.00452. The highest BCUT2D eigenvalue weighted by Crippen LogP contribution is 2.38. The Kier molecular flexibility index (Phi) is 5.25. The van der Waals surface area contributed by atoms with Crippen molar-refractivity contribution in [3.8, 4) is 6.07 Å². The number of hydrogen-bond donors (Lipinski definition) is 0. The molecule has 0 bridgehead atoms. The maximum absolute atomic E-state index is 14.5. The molecule has 1 atom stereocenters. The molecule has 0 spiro atoms. The maximum Gasteiger partial charge on any atom is 0.257 e. The molecule has 32 heavy (non-hydrogen) atoms. The van der Waals surface area contributed by atoms with Crippen LogP contribution in [0.15, 0.2) is 42.7 Å². The lowest BCUT2D eigenvalue weighted by Crippen LogP contribution is -2.38. The van der Waals surface area contributed by atoms with Crippen molar-refractivity contribution in [1.82, 2.24) is 14.5 Å². The molecule has 2 aliphatic heterocycles. The number of piperidine rings is 1. The van der Waals surface area contributed by atoms with E-state index in [1.807, 2.05) is 12.1 Å². The van der Waals surface area contributed by atoms with E-state index >= 15 is 0 Å². The zero-order valence-electron chi connectivity index (χ0n) is 17.5. The normalized spacial score (nSPS) is 19.5. The van der Waals surface area contributed by atoms with Gasteiger partial charge < -0.3 is 9.80 Å². The molecule has 2 fully saturated rings. The maximum atomic E-state index is 14.5. The van der Waals surface area contributed by atoms with Gasteiger partial charge in [0.15, 0.2) is 0 Å². The first-order chi connectivity index (χ1) is 15.5. The molecule has 6 nitrogen and oxygen atoms in total. The molecule has 3 aromatic rings. The lowest BCUT2D eigenvalue weighted by molar-refractivity contribution is 0.0709. The van der Waals surface area contributed by atoms with Crippen molar-refractivity contribution in [3.63, 3.8) is 0 Å². The Morgan fingerprint density at radius 2 is 1.91 bits per heavy atom. The summed E-state index contributed by atoms with van der Waals surface area (Å²) in [4.78, 5) is 17.0. The highest BCUT2D eigenvalue weighted by molar-refractivity contribution is 6.01. The minimum Gasteiger partial charge on any atom is -0.364 e. The summed E-state index contributed by atoms with van der Waals surface area (Å²) >= 11 is 0. The van der Waals surface area contributed by atoms with Gasteiger partial charge in [0.25, 0.3) is 5.91 Å². The number of nitriles is 1. The lowest BCUT2D eigenvalue weighted by Gasteiger charge is -2.29. The number of amides is 1.